The molecule has 1 saturated heterocycles. The van der Waals surface area contributed by atoms with Crippen LogP contribution in [0.2, 0.25) is 0 Å². The number of halogens is 1. The molecular weight excluding hydrogens is 445 g/mol. The summed E-state index contributed by atoms with van der Waals surface area (Å²) in [6.07, 6.45) is 6.82. The molecule has 1 aliphatic carbocycles. The molecule has 5 nitrogen and oxygen atoms in total. The van der Waals surface area contributed by atoms with E-state index in [1.54, 1.807) is 11.3 Å². The van der Waals surface area contributed by atoms with Crippen molar-refractivity contribution in [1.82, 2.24) is 20.5 Å². The number of hydrogen-bond acceptors (Lipinski definition) is 4. The Balaban J connectivity index is 0.00000225. The zero-order chi connectivity index (χ0) is 16.9. The Kier molecular flexibility index (Phi) is 8.41. The lowest BCUT2D eigenvalue weighted by molar-refractivity contribution is 0.242. The van der Waals surface area contributed by atoms with Crippen molar-refractivity contribution in [1.29, 1.82) is 0 Å². The van der Waals surface area contributed by atoms with Gasteiger partial charge in [-0.2, -0.15) is 0 Å². The van der Waals surface area contributed by atoms with Crippen LogP contribution >= 0.6 is 35.3 Å². The monoisotopic (exact) mass is 477 g/mol. The Labute approximate surface area is 173 Å². The number of aromatic nitrogens is 1. The summed E-state index contributed by atoms with van der Waals surface area (Å²) in [6.45, 7) is 7.49. The molecule has 1 unspecified atom stereocenters. The second-order valence-electron chi connectivity index (χ2n) is 7.32. The fraction of sp³-hybridized carbons (Fsp3) is 0.778. The van der Waals surface area contributed by atoms with Gasteiger partial charge < -0.3 is 10.6 Å². The van der Waals surface area contributed by atoms with E-state index in [4.69, 9.17) is 0 Å². The molecule has 1 atom stereocenters. The molecule has 25 heavy (non-hydrogen) atoms. The van der Waals surface area contributed by atoms with Gasteiger partial charge in [0.25, 0.3) is 0 Å². The highest BCUT2D eigenvalue weighted by Crippen LogP contribution is 2.26. The van der Waals surface area contributed by atoms with Gasteiger partial charge >= 0.3 is 0 Å². The van der Waals surface area contributed by atoms with Crippen molar-refractivity contribution in [3.05, 3.63) is 16.1 Å². The first-order valence-electron chi connectivity index (χ1n) is 9.31. The molecule has 3 rings (SSSR count). The van der Waals surface area contributed by atoms with Gasteiger partial charge in [0.15, 0.2) is 5.96 Å². The van der Waals surface area contributed by atoms with Crippen molar-refractivity contribution in [2.75, 3.05) is 20.1 Å². The van der Waals surface area contributed by atoms with E-state index in [0.29, 0.717) is 12.0 Å². The summed E-state index contributed by atoms with van der Waals surface area (Å²) >= 11 is 1.75. The third-order valence-electron chi connectivity index (χ3n) is 5.13. The van der Waals surface area contributed by atoms with Gasteiger partial charge in [0.1, 0.15) is 0 Å². The Morgan fingerprint density at radius 1 is 1.36 bits per heavy atom. The SMILES string of the molecule is CN=C(NCc1csc(C(C)C)n1)NC1CCN(C2CCCC2)C1.I. The molecule has 7 heteroatoms. The Bertz CT molecular complexity index is 553. The average molecular weight is 477 g/mol. The van der Waals surface area contributed by atoms with Gasteiger partial charge in [0.2, 0.25) is 0 Å². The third-order valence-corrected chi connectivity index (χ3v) is 6.32. The number of nitrogens with one attached hydrogen (secondary N) is 2. The number of hydrogen-bond donors (Lipinski definition) is 2. The van der Waals surface area contributed by atoms with Crippen LogP contribution < -0.4 is 10.6 Å². The van der Waals surface area contributed by atoms with Crippen LogP contribution in [-0.2, 0) is 6.54 Å². The molecule has 0 amide bonds. The molecule has 1 aromatic rings. The Morgan fingerprint density at radius 3 is 2.76 bits per heavy atom. The zero-order valence-corrected chi connectivity index (χ0v) is 18.8. The van der Waals surface area contributed by atoms with E-state index in [-0.39, 0.29) is 24.0 Å². The van der Waals surface area contributed by atoms with Crippen molar-refractivity contribution < 1.29 is 0 Å². The maximum Gasteiger partial charge on any atom is 0.191 e. The molecule has 1 aromatic heterocycles. The van der Waals surface area contributed by atoms with Gasteiger partial charge in [0.05, 0.1) is 17.2 Å². The lowest BCUT2D eigenvalue weighted by Gasteiger charge is -2.24. The second kappa shape index (κ2) is 10.1. The summed E-state index contributed by atoms with van der Waals surface area (Å²) in [7, 11) is 1.85. The van der Waals surface area contributed by atoms with Gasteiger partial charge in [-0.15, -0.1) is 35.3 Å². The Hall–Kier alpha value is -0.410. The van der Waals surface area contributed by atoms with Crippen LogP contribution in [0.3, 0.4) is 0 Å². The van der Waals surface area contributed by atoms with Gasteiger partial charge in [-0.1, -0.05) is 26.7 Å². The average Bonchev–Trinajstić information content (AvgIpc) is 3.31. The number of aliphatic imine (C=N–C) groups is 1. The molecule has 1 saturated carbocycles. The van der Waals surface area contributed by atoms with Crippen LogP contribution in [0.4, 0.5) is 0 Å². The first-order chi connectivity index (χ1) is 11.7. The van der Waals surface area contributed by atoms with Crippen molar-refractivity contribution in [3.63, 3.8) is 0 Å². The summed E-state index contributed by atoms with van der Waals surface area (Å²) in [6, 6.07) is 1.34. The molecule has 2 heterocycles. The zero-order valence-electron chi connectivity index (χ0n) is 15.6. The quantitative estimate of drug-likeness (QED) is 0.387. The predicted octanol–water partition coefficient (Wildman–Crippen LogP) is 3.57. The van der Waals surface area contributed by atoms with Crippen LogP contribution in [0.15, 0.2) is 10.4 Å². The van der Waals surface area contributed by atoms with Crippen molar-refractivity contribution in [3.8, 4) is 0 Å². The van der Waals surface area contributed by atoms with E-state index in [0.717, 1.165) is 30.8 Å². The Morgan fingerprint density at radius 2 is 2.12 bits per heavy atom. The first-order valence-corrected chi connectivity index (χ1v) is 10.2. The van der Waals surface area contributed by atoms with E-state index in [1.807, 2.05) is 7.05 Å². The van der Waals surface area contributed by atoms with Gasteiger partial charge in [-0.25, -0.2) is 4.98 Å². The molecule has 0 aromatic carbocycles. The van der Waals surface area contributed by atoms with Crippen LogP contribution in [0.25, 0.3) is 0 Å². The second-order valence-corrected chi connectivity index (χ2v) is 8.21. The number of nitrogens with zero attached hydrogens (tertiary/aromatic N) is 3. The highest BCUT2D eigenvalue weighted by molar-refractivity contribution is 14.0. The smallest absolute Gasteiger partial charge is 0.191 e. The normalized spacial score (nSPS) is 22.4. The van der Waals surface area contributed by atoms with Gasteiger partial charge in [-0.05, 0) is 19.3 Å². The summed E-state index contributed by atoms with van der Waals surface area (Å²) in [5.41, 5.74) is 1.10. The molecule has 0 radical (unpaired) electrons. The summed E-state index contributed by atoms with van der Waals surface area (Å²) < 4.78 is 0. The standard InChI is InChI=1S/C18H31N5S.HI/c1-13(2)17-21-15(12-24-17)10-20-18(19-3)22-14-8-9-23(11-14)16-6-4-5-7-16;/h12-14,16H,4-11H2,1-3H3,(H2,19,20,22);1H. The summed E-state index contributed by atoms with van der Waals surface area (Å²) in [5.74, 6) is 1.40. The minimum absolute atomic E-state index is 0. The van der Waals surface area contributed by atoms with E-state index in [2.05, 4.69) is 44.7 Å². The number of likely N-dealkylation sites (tertiary alicyclic amines) is 1. The molecular formula is C18H32IN5S. The highest BCUT2D eigenvalue weighted by Gasteiger charge is 2.30. The fourth-order valence-corrected chi connectivity index (χ4v) is 4.57. The van der Waals surface area contributed by atoms with Crippen molar-refractivity contribution >= 4 is 41.3 Å². The third kappa shape index (κ3) is 5.79. The minimum atomic E-state index is 0. The molecule has 142 valence electrons. The van der Waals surface area contributed by atoms with Crippen molar-refractivity contribution in [2.45, 2.75) is 70.5 Å². The summed E-state index contributed by atoms with van der Waals surface area (Å²) in [5, 5.41) is 10.4. The van der Waals surface area contributed by atoms with Crippen LogP contribution in [0.5, 0.6) is 0 Å². The maximum absolute atomic E-state index is 4.68. The minimum Gasteiger partial charge on any atom is -0.352 e. The van der Waals surface area contributed by atoms with E-state index in [1.165, 1.54) is 43.7 Å². The van der Waals surface area contributed by atoms with E-state index < -0.39 is 0 Å². The van der Waals surface area contributed by atoms with Crippen molar-refractivity contribution in [2.24, 2.45) is 4.99 Å². The van der Waals surface area contributed by atoms with Gasteiger partial charge in [-0.3, -0.25) is 9.89 Å². The van der Waals surface area contributed by atoms with Crippen LogP contribution in [0.1, 0.15) is 62.6 Å². The lowest BCUT2D eigenvalue weighted by atomic mass is 10.2. The van der Waals surface area contributed by atoms with Crippen LogP contribution in [0, 0.1) is 0 Å². The number of thiazole rings is 1. The van der Waals surface area contributed by atoms with Gasteiger partial charge in [0, 0.05) is 43.5 Å². The topological polar surface area (TPSA) is 52.6 Å². The van der Waals surface area contributed by atoms with E-state index >= 15 is 0 Å². The lowest BCUT2D eigenvalue weighted by Crippen LogP contribution is -2.45. The number of guanidine groups is 1. The van der Waals surface area contributed by atoms with Crippen LogP contribution in [-0.4, -0.2) is 48.1 Å². The molecule has 2 N–H and O–H groups in total. The maximum atomic E-state index is 4.68. The summed E-state index contributed by atoms with van der Waals surface area (Å²) in [4.78, 5) is 11.7. The number of rotatable bonds is 5. The fourth-order valence-electron chi connectivity index (χ4n) is 3.74. The predicted molar refractivity (Wildman–Crippen MR) is 117 cm³/mol. The molecule has 0 spiro atoms. The van der Waals surface area contributed by atoms with E-state index in [9.17, 15) is 0 Å². The molecule has 2 fully saturated rings. The molecule has 0 bridgehead atoms. The molecule has 2 aliphatic rings. The highest BCUT2D eigenvalue weighted by atomic mass is 127. The molecule has 1 aliphatic heterocycles. The first kappa shape index (κ1) is 20.9. The largest absolute Gasteiger partial charge is 0.352 e.